The molecule has 3 nitrogen and oxygen atoms in total. The Hall–Kier alpha value is -0.120. The van der Waals surface area contributed by atoms with Crippen LogP contribution in [-0.4, -0.2) is 34.1 Å². The molecular formula is C23H48O3. The van der Waals surface area contributed by atoms with E-state index >= 15 is 0 Å². The van der Waals surface area contributed by atoms with Crippen molar-refractivity contribution in [3.63, 3.8) is 0 Å². The third-order valence-corrected chi connectivity index (χ3v) is 5.46. The quantitative estimate of drug-likeness (QED) is 0.212. The summed E-state index contributed by atoms with van der Waals surface area (Å²) in [7, 11) is 0. The van der Waals surface area contributed by atoms with Crippen LogP contribution < -0.4 is 0 Å². The molecule has 0 unspecified atom stereocenters. The van der Waals surface area contributed by atoms with Gasteiger partial charge in [0.2, 0.25) is 0 Å². The Bertz CT molecular complexity index is 258. The Balaban J connectivity index is 3.30. The van der Waals surface area contributed by atoms with Crippen molar-refractivity contribution >= 4 is 0 Å². The Morgan fingerprint density at radius 2 is 0.769 bits per heavy atom. The monoisotopic (exact) mass is 372 g/mol. The van der Waals surface area contributed by atoms with Gasteiger partial charge in [0, 0.05) is 6.61 Å². The van der Waals surface area contributed by atoms with Gasteiger partial charge in [-0.15, -0.1) is 0 Å². The summed E-state index contributed by atoms with van der Waals surface area (Å²) in [5.41, 5.74) is 0. The summed E-state index contributed by atoms with van der Waals surface area (Å²) in [5, 5.41) is 28.8. The fraction of sp³-hybridized carbons (Fsp3) is 1.00. The molecule has 26 heavy (non-hydrogen) atoms. The van der Waals surface area contributed by atoms with Gasteiger partial charge in [-0.25, -0.2) is 0 Å². The van der Waals surface area contributed by atoms with Gasteiger partial charge in [0.05, 0.1) is 12.2 Å². The molecule has 0 heterocycles. The van der Waals surface area contributed by atoms with Gasteiger partial charge in [-0.3, -0.25) is 0 Å². The zero-order valence-electron chi connectivity index (χ0n) is 17.6. The zero-order valence-corrected chi connectivity index (χ0v) is 17.6. The molecule has 0 radical (unpaired) electrons. The standard InChI is InChI=1S/C23H48O3/c1-2-3-4-5-6-7-8-9-10-13-16-19-22(25)23(26)20-17-14-11-12-15-18-21-24/h22-26H,2-21H2,1H3/t22-,23+/m0/s1. The summed E-state index contributed by atoms with van der Waals surface area (Å²) in [6.07, 6.45) is 21.3. The number of unbranched alkanes of at least 4 members (excludes halogenated alkanes) is 15. The summed E-state index contributed by atoms with van der Waals surface area (Å²) in [4.78, 5) is 0. The van der Waals surface area contributed by atoms with Gasteiger partial charge in [-0.05, 0) is 19.3 Å². The van der Waals surface area contributed by atoms with Gasteiger partial charge in [0.15, 0.2) is 0 Å². The summed E-state index contributed by atoms with van der Waals surface area (Å²) in [6.45, 7) is 2.56. The third-order valence-electron chi connectivity index (χ3n) is 5.46. The van der Waals surface area contributed by atoms with Gasteiger partial charge < -0.3 is 15.3 Å². The van der Waals surface area contributed by atoms with E-state index in [9.17, 15) is 10.2 Å². The zero-order chi connectivity index (χ0) is 19.3. The van der Waals surface area contributed by atoms with Gasteiger partial charge in [-0.1, -0.05) is 110 Å². The number of hydrogen-bond acceptors (Lipinski definition) is 3. The highest BCUT2D eigenvalue weighted by molar-refractivity contribution is 4.67. The lowest BCUT2D eigenvalue weighted by molar-refractivity contribution is 0.00711. The first-order valence-corrected chi connectivity index (χ1v) is 11.7. The van der Waals surface area contributed by atoms with E-state index in [1.165, 1.54) is 70.6 Å². The second-order valence-corrected chi connectivity index (χ2v) is 8.09. The average Bonchev–Trinajstić information content (AvgIpc) is 2.65. The molecule has 0 saturated carbocycles. The van der Waals surface area contributed by atoms with Crippen molar-refractivity contribution < 1.29 is 15.3 Å². The van der Waals surface area contributed by atoms with E-state index in [4.69, 9.17) is 5.11 Å². The summed E-state index contributed by atoms with van der Waals surface area (Å²) in [5.74, 6) is 0. The minimum Gasteiger partial charge on any atom is -0.396 e. The molecule has 0 aliphatic carbocycles. The van der Waals surface area contributed by atoms with Crippen LogP contribution in [0.3, 0.4) is 0 Å². The highest BCUT2D eigenvalue weighted by Crippen LogP contribution is 2.16. The number of aliphatic hydroxyl groups is 3. The first kappa shape index (κ1) is 25.9. The Kier molecular flexibility index (Phi) is 21.1. The Labute approximate surface area is 163 Å². The molecule has 0 aromatic carbocycles. The highest BCUT2D eigenvalue weighted by Gasteiger charge is 2.15. The van der Waals surface area contributed by atoms with Crippen LogP contribution >= 0.6 is 0 Å². The maximum Gasteiger partial charge on any atom is 0.0799 e. The molecule has 0 bridgehead atoms. The van der Waals surface area contributed by atoms with Crippen LogP contribution in [0, 0.1) is 0 Å². The van der Waals surface area contributed by atoms with E-state index in [-0.39, 0.29) is 0 Å². The van der Waals surface area contributed by atoms with Crippen LogP contribution in [0.2, 0.25) is 0 Å². The molecule has 0 aliphatic heterocycles. The van der Waals surface area contributed by atoms with E-state index in [2.05, 4.69) is 6.92 Å². The van der Waals surface area contributed by atoms with Gasteiger partial charge >= 0.3 is 0 Å². The highest BCUT2D eigenvalue weighted by atomic mass is 16.3. The van der Waals surface area contributed by atoms with Crippen molar-refractivity contribution in [2.24, 2.45) is 0 Å². The molecule has 0 amide bonds. The van der Waals surface area contributed by atoms with Crippen LogP contribution in [0.15, 0.2) is 0 Å². The van der Waals surface area contributed by atoms with Crippen molar-refractivity contribution in [3.05, 3.63) is 0 Å². The topological polar surface area (TPSA) is 60.7 Å². The predicted molar refractivity (Wildman–Crippen MR) is 112 cm³/mol. The molecule has 3 N–H and O–H groups in total. The first-order valence-electron chi connectivity index (χ1n) is 11.7. The molecule has 0 aliphatic rings. The fourth-order valence-corrected chi connectivity index (χ4v) is 3.57. The van der Waals surface area contributed by atoms with Crippen molar-refractivity contribution in [2.75, 3.05) is 6.61 Å². The van der Waals surface area contributed by atoms with E-state index in [0.717, 1.165) is 51.4 Å². The summed E-state index contributed by atoms with van der Waals surface area (Å²) >= 11 is 0. The van der Waals surface area contributed by atoms with Crippen LogP contribution in [-0.2, 0) is 0 Å². The maximum absolute atomic E-state index is 10.1. The lowest BCUT2D eigenvalue weighted by atomic mass is 9.99. The van der Waals surface area contributed by atoms with E-state index in [1.807, 2.05) is 0 Å². The van der Waals surface area contributed by atoms with Gasteiger partial charge in [0.25, 0.3) is 0 Å². The smallest absolute Gasteiger partial charge is 0.0799 e. The molecule has 0 spiro atoms. The van der Waals surface area contributed by atoms with Crippen LogP contribution in [0.1, 0.15) is 129 Å². The maximum atomic E-state index is 10.1. The van der Waals surface area contributed by atoms with Crippen LogP contribution in [0.4, 0.5) is 0 Å². The minimum atomic E-state index is -0.546. The summed E-state index contributed by atoms with van der Waals surface area (Å²) in [6, 6.07) is 0. The van der Waals surface area contributed by atoms with Crippen molar-refractivity contribution in [2.45, 2.75) is 141 Å². The van der Waals surface area contributed by atoms with Crippen molar-refractivity contribution in [3.8, 4) is 0 Å². The molecule has 158 valence electrons. The molecule has 0 fully saturated rings. The fourth-order valence-electron chi connectivity index (χ4n) is 3.57. The molecule has 2 atom stereocenters. The molecule has 0 saturated heterocycles. The third kappa shape index (κ3) is 18.7. The first-order chi connectivity index (χ1) is 12.7. The molecular weight excluding hydrogens is 324 g/mol. The largest absolute Gasteiger partial charge is 0.396 e. The summed E-state index contributed by atoms with van der Waals surface area (Å²) < 4.78 is 0. The number of hydrogen-bond donors (Lipinski definition) is 3. The van der Waals surface area contributed by atoms with Crippen LogP contribution in [0.5, 0.6) is 0 Å². The minimum absolute atomic E-state index is 0.296. The second-order valence-electron chi connectivity index (χ2n) is 8.09. The normalized spacial score (nSPS) is 13.8. The average molecular weight is 373 g/mol. The van der Waals surface area contributed by atoms with E-state index in [0.29, 0.717) is 6.61 Å². The van der Waals surface area contributed by atoms with Crippen molar-refractivity contribution in [1.82, 2.24) is 0 Å². The van der Waals surface area contributed by atoms with E-state index < -0.39 is 12.2 Å². The Morgan fingerprint density at radius 1 is 0.462 bits per heavy atom. The molecule has 0 rings (SSSR count). The second kappa shape index (κ2) is 21.2. The lowest BCUT2D eigenvalue weighted by Crippen LogP contribution is -2.25. The Morgan fingerprint density at radius 3 is 1.12 bits per heavy atom. The molecule has 0 aromatic heterocycles. The lowest BCUT2D eigenvalue weighted by Gasteiger charge is -2.17. The predicted octanol–water partition coefficient (Wildman–Crippen LogP) is 6.13. The van der Waals surface area contributed by atoms with Gasteiger partial charge in [0.1, 0.15) is 0 Å². The number of rotatable bonds is 21. The number of aliphatic hydroxyl groups excluding tert-OH is 3. The van der Waals surface area contributed by atoms with Gasteiger partial charge in [-0.2, -0.15) is 0 Å². The van der Waals surface area contributed by atoms with Crippen LogP contribution in [0.25, 0.3) is 0 Å². The van der Waals surface area contributed by atoms with E-state index in [1.54, 1.807) is 0 Å². The molecule has 0 aromatic rings. The molecule has 3 heteroatoms. The van der Waals surface area contributed by atoms with Crippen molar-refractivity contribution in [1.29, 1.82) is 0 Å². The SMILES string of the molecule is CCCCCCCCCCCCC[C@H](O)[C@H](O)CCCCCCCCO.